The Balaban J connectivity index is 1.65. The maximum atomic E-state index is 11.7. The van der Waals surface area contributed by atoms with E-state index in [4.69, 9.17) is 0 Å². The van der Waals surface area contributed by atoms with E-state index in [1.807, 2.05) is 0 Å². The van der Waals surface area contributed by atoms with Crippen molar-refractivity contribution in [3.8, 4) is 0 Å². The summed E-state index contributed by atoms with van der Waals surface area (Å²) in [6.07, 6.45) is 6.54. The molecule has 1 aliphatic heterocycles. The third-order valence-electron chi connectivity index (χ3n) is 4.80. The van der Waals surface area contributed by atoms with E-state index in [1.54, 1.807) is 0 Å². The van der Waals surface area contributed by atoms with Gasteiger partial charge in [-0.3, -0.25) is 4.79 Å². The van der Waals surface area contributed by atoms with E-state index in [1.165, 1.54) is 31.4 Å². The summed E-state index contributed by atoms with van der Waals surface area (Å²) in [7, 11) is 0. The van der Waals surface area contributed by atoms with Gasteiger partial charge in [0, 0.05) is 44.0 Å². The van der Waals surface area contributed by atoms with Crippen molar-refractivity contribution in [2.75, 3.05) is 36.4 Å². The molecular weight excluding hydrogens is 298 g/mol. The number of nitrogens with one attached hydrogen (secondary N) is 2. The largest absolute Gasteiger partial charge is 0.385 e. The number of piperidine rings is 1. The van der Waals surface area contributed by atoms with Crippen LogP contribution in [0.4, 0.5) is 11.4 Å². The van der Waals surface area contributed by atoms with Crippen LogP contribution in [0.25, 0.3) is 0 Å². The first-order valence-corrected chi connectivity index (χ1v) is 9.54. The van der Waals surface area contributed by atoms with Gasteiger partial charge in [0.05, 0.1) is 0 Å². The molecular formula is C20H33N3O. The zero-order valence-corrected chi connectivity index (χ0v) is 15.3. The van der Waals surface area contributed by atoms with Crippen LogP contribution in [0.1, 0.15) is 52.4 Å². The smallest absolute Gasteiger partial charge is 0.221 e. The van der Waals surface area contributed by atoms with Crippen LogP contribution in [0.2, 0.25) is 0 Å². The van der Waals surface area contributed by atoms with Crippen molar-refractivity contribution < 1.29 is 4.79 Å². The van der Waals surface area contributed by atoms with Gasteiger partial charge in [0.25, 0.3) is 0 Å². The molecule has 0 saturated carbocycles. The van der Waals surface area contributed by atoms with Gasteiger partial charge in [-0.05, 0) is 49.4 Å². The lowest BCUT2D eigenvalue weighted by Gasteiger charge is -2.32. The summed E-state index contributed by atoms with van der Waals surface area (Å²) < 4.78 is 0. The predicted molar refractivity (Wildman–Crippen MR) is 103 cm³/mol. The standard InChI is InChI=1S/C20H33N3O/c1-3-4-5-13-22-20(24)10-14-21-18-6-8-19(9-7-18)23-15-11-17(2)12-16-23/h6-9,17,21H,3-5,10-16H2,1-2H3,(H,22,24). The average molecular weight is 332 g/mol. The van der Waals surface area contributed by atoms with E-state index >= 15 is 0 Å². The summed E-state index contributed by atoms with van der Waals surface area (Å²) in [6.45, 7) is 8.31. The number of hydrogen-bond donors (Lipinski definition) is 2. The second kappa shape index (κ2) is 10.2. The Morgan fingerprint density at radius 1 is 1.12 bits per heavy atom. The number of anilines is 2. The number of carbonyl (C=O) groups excluding carboxylic acids is 1. The molecule has 2 rings (SSSR count). The second-order valence-electron chi connectivity index (χ2n) is 6.95. The van der Waals surface area contributed by atoms with E-state index in [-0.39, 0.29) is 5.91 Å². The number of amides is 1. The van der Waals surface area contributed by atoms with Gasteiger partial charge in [-0.2, -0.15) is 0 Å². The molecule has 1 heterocycles. The molecule has 1 aromatic carbocycles. The van der Waals surface area contributed by atoms with E-state index in [2.05, 4.69) is 53.6 Å². The van der Waals surface area contributed by atoms with Crippen molar-refractivity contribution in [1.82, 2.24) is 5.32 Å². The molecule has 1 aliphatic rings. The van der Waals surface area contributed by atoms with E-state index in [0.717, 1.165) is 37.7 Å². The summed E-state index contributed by atoms with van der Waals surface area (Å²) in [4.78, 5) is 14.2. The number of rotatable bonds is 9. The molecule has 0 radical (unpaired) electrons. The van der Waals surface area contributed by atoms with Crippen LogP contribution in [-0.2, 0) is 4.79 Å². The minimum Gasteiger partial charge on any atom is -0.385 e. The highest BCUT2D eigenvalue weighted by atomic mass is 16.1. The quantitative estimate of drug-likeness (QED) is 0.672. The minimum absolute atomic E-state index is 0.137. The first kappa shape index (κ1) is 18.6. The van der Waals surface area contributed by atoms with Crippen molar-refractivity contribution in [1.29, 1.82) is 0 Å². The molecule has 0 bridgehead atoms. The number of hydrogen-bond acceptors (Lipinski definition) is 3. The number of benzene rings is 1. The topological polar surface area (TPSA) is 44.4 Å². The monoisotopic (exact) mass is 331 g/mol. The van der Waals surface area contributed by atoms with Crippen LogP contribution < -0.4 is 15.5 Å². The fourth-order valence-corrected chi connectivity index (χ4v) is 3.07. The summed E-state index contributed by atoms with van der Waals surface area (Å²) in [6, 6.07) is 8.60. The number of carbonyl (C=O) groups is 1. The Kier molecular flexibility index (Phi) is 7.93. The van der Waals surface area contributed by atoms with E-state index < -0.39 is 0 Å². The Hall–Kier alpha value is -1.71. The Bertz CT molecular complexity index is 478. The van der Waals surface area contributed by atoms with Gasteiger partial charge in [-0.15, -0.1) is 0 Å². The van der Waals surface area contributed by atoms with Gasteiger partial charge in [0.2, 0.25) is 5.91 Å². The summed E-state index contributed by atoms with van der Waals surface area (Å²) in [5.41, 5.74) is 2.39. The maximum Gasteiger partial charge on any atom is 0.221 e. The Morgan fingerprint density at radius 3 is 2.50 bits per heavy atom. The molecule has 0 aliphatic carbocycles. The van der Waals surface area contributed by atoms with Gasteiger partial charge >= 0.3 is 0 Å². The third kappa shape index (κ3) is 6.42. The van der Waals surface area contributed by atoms with E-state index in [0.29, 0.717) is 13.0 Å². The summed E-state index contributed by atoms with van der Waals surface area (Å²) in [5, 5.41) is 6.31. The average Bonchev–Trinajstić information content (AvgIpc) is 2.60. The number of unbranched alkanes of at least 4 members (excludes halogenated alkanes) is 2. The molecule has 1 saturated heterocycles. The minimum atomic E-state index is 0.137. The number of nitrogens with zero attached hydrogens (tertiary/aromatic N) is 1. The highest BCUT2D eigenvalue weighted by Gasteiger charge is 2.15. The highest BCUT2D eigenvalue weighted by molar-refractivity contribution is 5.76. The predicted octanol–water partition coefficient (Wildman–Crippen LogP) is 4.03. The maximum absolute atomic E-state index is 11.7. The van der Waals surface area contributed by atoms with Gasteiger partial charge in [0.1, 0.15) is 0 Å². The Labute approximate surface area is 147 Å². The van der Waals surface area contributed by atoms with Gasteiger partial charge in [0.15, 0.2) is 0 Å². The molecule has 1 aromatic rings. The second-order valence-corrected chi connectivity index (χ2v) is 6.95. The summed E-state index contributed by atoms with van der Waals surface area (Å²) >= 11 is 0. The van der Waals surface area contributed by atoms with Crippen LogP contribution in [-0.4, -0.2) is 32.1 Å². The van der Waals surface area contributed by atoms with Crippen molar-refractivity contribution >= 4 is 17.3 Å². The molecule has 2 N–H and O–H groups in total. The van der Waals surface area contributed by atoms with Crippen molar-refractivity contribution in [3.63, 3.8) is 0 Å². The van der Waals surface area contributed by atoms with Gasteiger partial charge in [-0.1, -0.05) is 26.7 Å². The Morgan fingerprint density at radius 2 is 1.83 bits per heavy atom. The summed E-state index contributed by atoms with van der Waals surface area (Å²) in [5.74, 6) is 0.993. The molecule has 0 spiro atoms. The zero-order chi connectivity index (χ0) is 17.2. The van der Waals surface area contributed by atoms with Crippen LogP contribution in [0.5, 0.6) is 0 Å². The normalized spacial score (nSPS) is 15.3. The highest BCUT2D eigenvalue weighted by Crippen LogP contribution is 2.24. The van der Waals surface area contributed by atoms with Crippen molar-refractivity contribution in [2.24, 2.45) is 5.92 Å². The molecule has 0 unspecified atom stereocenters. The van der Waals surface area contributed by atoms with Crippen LogP contribution in [0.3, 0.4) is 0 Å². The fourth-order valence-electron chi connectivity index (χ4n) is 3.07. The molecule has 0 atom stereocenters. The first-order valence-electron chi connectivity index (χ1n) is 9.54. The molecule has 1 amide bonds. The van der Waals surface area contributed by atoms with Crippen LogP contribution in [0.15, 0.2) is 24.3 Å². The lowest BCUT2D eigenvalue weighted by molar-refractivity contribution is -0.120. The lowest BCUT2D eigenvalue weighted by atomic mass is 9.99. The first-order chi connectivity index (χ1) is 11.7. The van der Waals surface area contributed by atoms with E-state index in [9.17, 15) is 4.79 Å². The van der Waals surface area contributed by atoms with Crippen LogP contribution in [0, 0.1) is 5.92 Å². The third-order valence-corrected chi connectivity index (χ3v) is 4.80. The van der Waals surface area contributed by atoms with Gasteiger partial charge in [-0.25, -0.2) is 0 Å². The SMILES string of the molecule is CCCCCNC(=O)CCNc1ccc(N2CCC(C)CC2)cc1. The van der Waals surface area contributed by atoms with Crippen molar-refractivity contribution in [3.05, 3.63) is 24.3 Å². The van der Waals surface area contributed by atoms with Crippen LogP contribution >= 0.6 is 0 Å². The molecule has 0 aromatic heterocycles. The van der Waals surface area contributed by atoms with Crippen molar-refractivity contribution in [2.45, 2.75) is 52.4 Å². The fraction of sp³-hybridized carbons (Fsp3) is 0.650. The lowest BCUT2D eigenvalue weighted by Crippen LogP contribution is -2.32. The molecule has 1 fully saturated rings. The molecule has 4 heteroatoms. The molecule has 134 valence electrons. The zero-order valence-electron chi connectivity index (χ0n) is 15.3. The van der Waals surface area contributed by atoms with Gasteiger partial charge < -0.3 is 15.5 Å². The molecule has 4 nitrogen and oxygen atoms in total. The molecule has 24 heavy (non-hydrogen) atoms.